The van der Waals surface area contributed by atoms with Crippen LogP contribution in [0.1, 0.15) is 29.2 Å². The van der Waals surface area contributed by atoms with Crippen LogP contribution in [0.25, 0.3) is 0 Å². The zero-order valence-corrected chi connectivity index (χ0v) is 19.7. The summed E-state index contributed by atoms with van der Waals surface area (Å²) in [5, 5.41) is 12.6. The Kier molecular flexibility index (Phi) is 8.71. The normalized spacial score (nSPS) is 12.3. The van der Waals surface area contributed by atoms with Gasteiger partial charge in [0.05, 0.1) is 17.2 Å². The number of carbonyl (C=O) groups is 2. The summed E-state index contributed by atoms with van der Waals surface area (Å²) in [5.74, 6) is -1.17. The number of amides is 1. The van der Waals surface area contributed by atoms with Gasteiger partial charge in [0.2, 0.25) is 15.9 Å². The van der Waals surface area contributed by atoms with Crippen molar-refractivity contribution in [3.63, 3.8) is 0 Å². The van der Waals surface area contributed by atoms with E-state index in [1.54, 1.807) is 66.7 Å². The van der Waals surface area contributed by atoms with Crippen LogP contribution in [0.4, 0.5) is 0 Å². The van der Waals surface area contributed by atoms with Gasteiger partial charge in [-0.05, 0) is 54.4 Å². The average molecular weight is 496 g/mol. The van der Waals surface area contributed by atoms with Crippen molar-refractivity contribution in [1.29, 1.82) is 0 Å². The van der Waals surface area contributed by atoms with Crippen molar-refractivity contribution >= 4 is 28.1 Å². The highest BCUT2D eigenvalue weighted by molar-refractivity contribution is 7.89. The smallest absolute Gasteiger partial charge is 0.341 e. The predicted octanol–water partition coefficient (Wildman–Crippen LogP) is 3.02. The first-order valence-corrected chi connectivity index (χ1v) is 12.1. The predicted molar refractivity (Wildman–Crippen MR) is 131 cm³/mol. The first-order chi connectivity index (χ1) is 16.7. The van der Waals surface area contributed by atoms with Gasteiger partial charge in [-0.2, -0.15) is 5.10 Å². The lowest BCUT2D eigenvalue weighted by molar-refractivity contribution is -0.139. The summed E-state index contributed by atoms with van der Waals surface area (Å²) in [6.07, 6.45) is 1.24. The zero-order chi connectivity index (χ0) is 25.3. The van der Waals surface area contributed by atoms with Crippen molar-refractivity contribution in [3.05, 3.63) is 95.6 Å². The van der Waals surface area contributed by atoms with E-state index in [9.17, 15) is 18.0 Å². The number of hydrogen-bond donors (Lipinski definition) is 3. The lowest BCUT2D eigenvalue weighted by Crippen LogP contribution is -2.32. The van der Waals surface area contributed by atoms with Gasteiger partial charge in [-0.1, -0.05) is 48.0 Å². The molecule has 0 spiro atoms. The van der Waals surface area contributed by atoms with E-state index in [1.807, 2.05) is 6.92 Å². The van der Waals surface area contributed by atoms with E-state index in [1.165, 1.54) is 18.3 Å². The van der Waals surface area contributed by atoms with Crippen LogP contribution in [0, 0.1) is 6.92 Å². The van der Waals surface area contributed by atoms with Crippen LogP contribution in [0.15, 0.2) is 88.9 Å². The minimum atomic E-state index is -3.86. The molecule has 0 aliphatic heterocycles. The van der Waals surface area contributed by atoms with E-state index in [-0.39, 0.29) is 11.3 Å². The molecule has 3 aromatic carbocycles. The summed E-state index contributed by atoms with van der Waals surface area (Å²) in [5.41, 5.74) is 4.62. The summed E-state index contributed by atoms with van der Waals surface area (Å²) in [4.78, 5) is 23.2. The fraction of sp³-hybridized carbons (Fsp3) is 0.160. The SMILES string of the molecule is Cc1ccc(S(=O)(=O)N[C@@H](CC(=O)N/N=C\c2ccc(OCC(=O)O)cc2)c2ccccc2)cc1. The number of carboxylic acid groups (broad SMARTS) is 1. The zero-order valence-electron chi connectivity index (χ0n) is 18.9. The fourth-order valence-corrected chi connectivity index (χ4v) is 4.32. The molecule has 1 atom stereocenters. The van der Waals surface area contributed by atoms with Crippen LogP contribution >= 0.6 is 0 Å². The highest BCUT2D eigenvalue weighted by Gasteiger charge is 2.23. The molecule has 1 amide bonds. The number of nitrogens with zero attached hydrogens (tertiary/aromatic N) is 1. The maximum atomic E-state index is 12.9. The van der Waals surface area contributed by atoms with Crippen molar-refractivity contribution in [1.82, 2.24) is 10.1 Å². The largest absolute Gasteiger partial charge is 0.482 e. The van der Waals surface area contributed by atoms with E-state index >= 15 is 0 Å². The Morgan fingerprint density at radius 2 is 1.66 bits per heavy atom. The van der Waals surface area contributed by atoms with Crippen molar-refractivity contribution < 1.29 is 27.9 Å². The van der Waals surface area contributed by atoms with Gasteiger partial charge in [-0.15, -0.1) is 0 Å². The number of aliphatic carboxylic acids is 1. The molecule has 0 unspecified atom stereocenters. The molecule has 9 nitrogen and oxygen atoms in total. The first kappa shape index (κ1) is 25.6. The van der Waals surface area contributed by atoms with Gasteiger partial charge < -0.3 is 9.84 Å². The number of nitrogens with one attached hydrogen (secondary N) is 2. The minimum Gasteiger partial charge on any atom is -0.482 e. The van der Waals surface area contributed by atoms with Crippen molar-refractivity contribution in [3.8, 4) is 5.75 Å². The number of aryl methyl sites for hydroxylation is 1. The molecule has 10 heteroatoms. The van der Waals surface area contributed by atoms with Gasteiger partial charge >= 0.3 is 5.97 Å². The summed E-state index contributed by atoms with van der Waals surface area (Å²) in [7, 11) is -3.86. The van der Waals surface area contributed by atoms with Gasteiger partial charge in [0.15, 0.2) is 6.61 Å². The summed E-state index contributed by atoms with van der Waals surface area (Å²) in [6, 6.07) is 20.9. The van der Waals surface area contributed by atoms with Crippen molar-refractivity contribution in [2.75, 3.05) is 6.61 Å². The lowest BCUT2D eigenvalue weighted by Gasteiger charge is -2.18. The number of benzene rings is 3. The van der Waals surface area contributed by atoms with Crippen molar-refractivity contribution in [2.45, 2.75) is 24.3 Å². The topological polar surface area (TPSA) is 134 Å². The third kappa shape index (κ3) is 8.05. The Morgan fingerprint density at radius 1 is 1.00 bits per heavy atom. The van der Waals surface area contributed by atoms with Crippen LogP contribution in [-0.2, 0) is 19.6 Å². The molecule has 3 rings (SSSR count). The first-order valence-electron chi connectivity index (χ1n) is 10.6. The van der Waals surface area contributed by atoms with Crippen LogP contribution in [0.2, 0.25) is 0 Å². The molecule has 3 N–H and O–H groups in total. The molecule has 0 aliphatic rings. The van der Waals surface area contributed by atoms with Crippen LogP contribution in [0.3, 0.4) is 0 Å². The standard InChI is InChI=1S/C25H25N3O6S/c1-18-7-13-22(14-8-18)35(32,33)28-23(20-5-3-2-4-6-20)15-24(29)27-26-16-19-9-11-21(12-10-19)34-17-25(30)31/h2-14,16,23,28H,15,17H2,1H3,(H,27,29)(H,30,31)/b26-16-/t23-/m0/s1. The Bertz CT molecular complexity index is 1280. The average Bonchev–Trinajstić information content (AvgIpc) is 2.84. The van der Waals surface area contributed by atoms with Crippen molar-refractivity contribution in [2.24, 2.45) is 5.10 Å². The summed E-state index contributed by atoms with van der Waals surface area (Å²) in [6.45, 7) is 1.42. The van der Waals surface area contributed by atoms with Gasteiger partial charge in [0.25, 0.3) is 0 Å². The minimum absolute atomic E-state index is 0.109. The quantitative estimate of drug-likeness (QED) is 0.277. The Balaban J connectivity index is 1.65. The molecule has 182 valence electrons. The Morgan fingerprint density at radius 3 is 2.29 bits per heavy atom. The molecule has 0 saturated carbocycles. The summed E-state index contributed by atoms with van der Waals surface area (Å²) >= 11 is 0. The van der Waals surface area contributed by atoms with Crippen LogP contribution < -0.4 is 14.9 Å². The number of ether oxygens (including phenoxy) is 1. The van der Waals surface area contributed by atoms with E-state index in [2.05, 4.69) is 15.2 Å². The van der Waals surface area contributed by atoms with Crippen LogP contribution in [-0.4, -0.2) is 38.2 Å². The van der Waals surface area contributed by atoms with E-state index in [0.29, 0.717) is 16.9 Å². The molecule has 0 saturated heterocycles. The monoisotopic (exact) mass is 495 g/mol. The third-order valence-electron chi connectivity index (χ3n) is 4.87. The lowest BCUT2D eigenvalue weighted by atomic mass is 10.0. The molecule has 0 fully saturated rings. The van der Waals surface area contributed by atoms with Gasteiger partial charge in [-0.3, -0.25) is 4.79 Å². The fourth-order valence-electron chi connectivity index (χ4n) is 3.09. The highest BCUT2D eigenvalue weighted by atomic mass is 32.2. The number of sulfonamides is 1. The van der Waals surface area contributed by atoms with Crippen LogP contribution in [0.5, 0.6) is 5.75 Å². The van der Waals surface area contributed by atoms with E-state index in [4.69, 9.17) is 9.84 Å². The molecule has 0 bridgehead atoms. The van der Waals surface area contributed by atoms with E-state index in [0.717, 1.165) is 5.56 Å². The third-order valence-corrected chi connectivity index (χ3v) is 6.35. The van der Waals surface area contributed by atoms with Gasteiger partial charge in [-0.25, -0.2) is 23.4 Å². The molecule has 35 heavy (non-hydrogen) atoms. The number of hydrogen-bond acceptors (Lipinski definition) is 6. The maximum absolute atomic E-state index is 12.9. The second-order valence-electron chi connectivity index (χ2n) is 7.65. The highest BCUT2D eigenvalue weighted by Crippen LogP contribution is 2.21. The molecule has 0 heterocycles. The second kappa shape index (κ2) is 11.9. The molecule has 3 aromatic rings. The van der Waals surface area contributed by atoms with Gasteiger partial charge in [0.1, 0.15) is 5.75 Å². The maximum Gasteiger partial charge on any atom is 0.341 e. The summed E-state index contributed by atoms with van der Waals surface area (Å²) < 4.78 is 33.5. The molecular weight excluding hydrogens is 470 g/mol. The Labute approximate surface area is 203 Å². The molecule has 0 aliphatic carbocycles. The number of carboxylic acids is 1. The molecule has 0 aromatic heterocycles. The van der Waals surface area contributed by atoms with Gasteiger partial charge in [0, 0.05) is 6.42 Å². The number of carbonyl (C=O) groups excluding carboxylic acids is 1. The second-order valence-corrected chi connectivity index (χ2v) is 9.36. The number of hydrazone groups is 1. The molecule has 0 radical (unpaired) electrons. The molecular formula is C25H25N3O6S. The Hall–Kier alpha value is -4.02. The van der Waals surface area contributed by atoms with E-state index < -0.39 is 34.5 Å². The number of rotatable bonds is 11.